The van der Waals surface area contributed by atoms with Crippen LogP contribution in [0.2, 0.25) is 0 Å². The number of aromatic amines is 1. The van der Waals surface area contributed by atoms with Crippen molar-refractivity contribution in [3.8, 4) is 0 Å². The summed E-state index contributed by atoms with van der Waals surface area (Å²) < 4.78 is 58.5. The van der Waals surface area contributed by atoms with Gasteiger partial charge in [0.1, 0.15) is 0 Å². The molecule has 0 saturated heterocycles. The zero-order valence-corrected chi connectivity index (χ0v) is 9.82. The molecule has 0 aliphatic carbocycles. The van der Waals surface area contributed by atoms with Gasteiger partial charge in [-0.3, -0.25) is 5.10 Å². The fourth-order valence-electron chi connectivity index (χ4n) is 1.19. The van der Waals surface area contributed by atoms with Crippen molar-refractivity contribution in [1.29, 1.82) is 0 Å². The van der Waals surface area contributed by atoms with Crippen molar-refractivity contribution in [3.63, 3.8) is 0 Å². The van der Waals surface area contributed by atoms with Crippen molar-refractivity contribution < 1.29 is 21.6 Å². The van der Waals surface area contributed by atoms with Crippen LogP contribution in [0, 0.1) is 6.92 Å². The van der Waals surface area contributed by atoms with Gasteiger partial charge in [0.05, 0.1) is 6.20 Å². The quantitative estimate of drug-likeness (QED) is 0.787. The van der Waals surface area contributed by atoms with Gasteiger partial charge in [-0.05, 0) is 25.3 Å². The van der Waals surface area contributed by atoms with Gasteiger partial charge in [0, 0.05) is 12.2 Å². The molecule has 0 aliphatic heterocycles. The molecule has 0 aromatic carbocycles. The maximum Gasteiger partial charge on any atom is 0.511 e. The predicted molar refractivity (Wildman–Crippen MR) is 54.6 cm³/mol. The first-order chi connectivity index (χ1) is 7.74. The molecule has 0 saturated carbocycles. The molecule has 9 heteroatoms. The number of aryl methyl sites for hydroxylation is 2. The first kappa shape index (κ1) is 14.0. The van der Waals surface area contributed by atoms with Gasteiger partial charge >= 0.3 is 15.5 Å². The SMILES string of the molecule is Cc1[nH]ncc1CCCNS(=O)(=O)C(F)(F)F. The highest BCUT2D eigenvalue weighted by Gasteiger charge is 2.45. The van der Waals surface area contributed by atoms with E-state index in [0.29, 0.717) is 6.42 Å². The summed E-state index contributed by atoms with van der Waals surface area (Å²) in [6.07, 6.45) is 2.30. The third-order valence-corrected chi connectivity index (χ3v) is 3.35. The van der Waals surface area contributed by atoms with E-state index in [1.807, 2.05) is 0 Å². The van der Waals surface area contributed by atoms with Gasteiger partial charge < -0.3 is 0 Å². The summed E-state index contributed by atoms with van der Waals surface area (Å²) in [6.45, 7) is 1.52. The molecule has 1 aromatic rings. The monoisotopic (exact) mass is 271 g/mol. The fourth-order valence-corrected chi connectivity index (χ4v) is 1.77. The molecule has 2 N–H and O–H groups in total. The summed E-state index contributed by atoms with van der Waals surface area (Å²) >= 11 is 0. The van der Waals surface area contributed by atoms with Gasteiger partial charge in [-0.25, -0.2) is 13.1 Å². The maximum atomic E-state index is 11.9. The van der Waals surface area contributed by atoms with Crippen LogP contribution >= 0.6 is 0 Å². The summed E-state index contributed by atoms with van der Waals surface area (Å²) in [5.74, 6) is 0. The van der Waals surface area contributed by atoms with Crippen LogP contribution in [0.1, 0.15) is 17.7 Å². The number of nitrogens with zero attached hydrogens (tertiary/aromatic N) is 1. The summed E-state index contributed by atoms with van der Waals surface area (Å²) in [5.41, 5.74) is -3.57. The van der Waals surface area contributed by atoms with Crippen molar-refractivity contribution in [3.05, 3.63) is 17.5 Å². The molecule has 0 radical (unpaired) electrons. The molecular formula is C8H12F3N3O2S. The molecule has 0 atom stereocenters. The number of sulfonamides is 1. The van der Waals surface area contributed by atoms with Gasteiger partial charge in [-0.15, -0.1) is 0 Å². The Morgan fingerprint density at radius 2 is 2.12 bits per heavy atom. The normalized spacial score (nSPS) is 12.9. The van der Waals surface area contributed by atoms with E-state index in [1.165, 1.54) is 4.72 Å². The van der Waals surface area contributed by atoms with E-state index < -0.39 is 15.5 Å². The van der Waals surface area contributed by atoms with Gasteiger partial charge in [-0.2, -0.15) is 18.3 Å². The van der Waals surface area contributed by atoms with Gasteiger partial charge in [-0.1, -0.05) is 0 Å². The second kappa shape index (κ2) is 5.05. The van der Waals surface area contributed by atoms with Gasteiger partial charge in [0.25, 0.3) is 0 Å². The zero-order valence-electron chi connectivity index (χ0n) is 9.00. The van der Waals surface area contributed by atoms with Crippen molar-refractivity contribution in [2.45, 2.75) is 25.3 Å². The second-order valence-corrected chi connectivity index (χ2v) is 5.23. The van der Waals surface area contributed by atoms with Crippen LogP contribution < -0.4 is 4.72 Å². The smallest absolute Gasteiger partial charge is 0.283 e. The standard InChI is InChI=1S/C8H12F3N3O2S/c1-6-7(5-12-14-6)3-2-4-13-17(15,16)8(9,10)11/h5,13H,2-4H2,1H3,(H,12,14). The van der Waals surface area contributed by atoms with E-state index in [-0.39, 0.29) is 13.0 Å². The fraction of sp³-hybridized carbons (Fsp3) is 0.625. The molecule has 0 fully saturated rings. The molecule has 0 unspecified atom stereocenters. The van der Waals surface area contributed by atoms with Crippen molar-refractivity contribution in [2.24, 2.45) is 0 Å². The Hall–Kier alpha value is -1.09. The number of rotatable bonds is 5. The van der Waals surface area contributed by atoms with Crippen LogP contribution in [0.5, 0.6) is 0 Å². The van der Waals surface area contributed by atoms with E-state index in [0.717, 1.165) is 11.3 Å². The molecule has 5 nitrogen and oxygen atoms in total. The van der Waals surface area contributed by atoms with E-state index in [4.69, 9.17) is 0 Å². The summed E-state index contributed by atoms with van der Waals surface area (Å²) in [5, 5.41) is 6.43. The van der Waals surface area contributed by atoms with E-state index in [9.17, 15) is 21.6 Å². The molecule has 1 heterocycles. The Labute approximate surface area is 96.5 Å². The highest BCUT2D eigenvalue weighted by atomic mass is 32.2. The van der Waals surface area contributed by atoms with Crippen LogP contribution in [0.3, 0.4) is 0 Å². The highest BCUT2D eigenvalue weighted by Crippen LogP contribution is 2.21. The van der Waals surface area contributed by atoms with Crippen LogP contribution in [0.15, 0.2) is 6.20 Å². The zero-order chi connectivity index (χ0) is 13.1. The Morgan fingerprint density at radius 1 is 1.47 bits per heavy atom. The lowest BCUT2D eigenvalue weighted by molar-refractivity contribution is -0.0447. The summed E-state index contributed by atoms with van der Waals surface area (Å²) in [7, 11) is -5.22. The number of alkyl halides is 3. The number of hydrogen-bond donors (Lipinski definition) is 2. The first-order valence-corrected chi connectivity index (χ1v) is 6.27. The van der Waals surface area contributed by atoms with Crippen molar-refractivity contribution in [1.82, 2.24) is 14.9 Å². The molecule has 1 aromatic heterocycles. The Balaban J connectivity index is 2.37. The van der Waals surface area contributed by atoms with Crippen molar-refractivity contribution in [2.75, 3.05) is 6.54 Å². The first-order valence-electron chi connectivity index (χ1n) is 4.79. The number of halogens is 3. The lowest BCUT2D eigenvalue weighted by atomic mass is 10.1. The number of nitrogens with one attached hydrogen (secondary N) is 2. The largest absolute Gasteiger partial charge is 0.511 e. The Morgan fingerprint density at radius 3 is 2.59 bits per heavy atom. The minimum Gasteiger partial charge on any atom is -0.283 e. The number of hydrogen-bond acceptors (Lipinski definition) is 3. The molecular weight excluding hydrogens is 259 g/mol. The third-order valence-electron chi connectivity index (χ3n) is 2.15. The maximum absolute atomic E-state index is 11.9. The van der Waals surface area contributed by atoms with Gasteiger partial charge in [0.15, 0.2) is 0 Å². The van der Waals surface area contributed by atoms with Crippen LogP contribution in [-0.4, -0.2) is 30.7 Å². The highest BCUT2D eigenvalue weighted by molar-refractivity contribution is 7.90. The lowest BCUT2D eigenvalue weighted by Crippen LogP contribution is -2.37. The number of H-pyrrole nitrogens is 1. The number of aromatic nitrogens is 2. The molecule has 0 spiro atoms. The third kappa shape index (κ3) is 3.70. The predicted octanol–water partition coefficient (Wildman–Crippen LogP) is 1.09. The van der Waals surface area contributed by atoms with E-state index in [2.05, 4.69) is 10.2 Å². The van der Waals surface area contributed by atoms with Gasteiger partial charge in [0.2, 0.25) is 0 Å². The topological polar surface area (TPSA) is 74.8 Å². The van der Waals surface area contributed by atoms with Crippen LogP contribution in [-0.2, 0) is 16.4 Å². The van der Waals surface area contributed by atoms with E-state index >= 15 is 0 Å². The average molecular weight is 271 g/mol. The molecule has 0 amide bonds. The van der Waals surface area contributed by atoms with Crippen LogP contribution in [0.25, 0.3) is 0 Å². The molecule has 0 aliphatic rings. The minimum absolute atomic E-state index is 0.257. The average Bonchev–Trinajstić information content (AvgIpc) is 2.57. The Bertz CT molecular complexity index is 467. The lowest BCUT2D eigenvalue weighted by Gasteiger charge is -2.08. The Kier molecular flexibility index (Phi) is 4.15. The summed E-state index contributed by atoms with van der Waals surface area (Å²) in [4.78, 5) is 0. The minimum atomic E-state index is -5.25. The second-order valence-electron chi connectivity index (χ2n) is 3.47. The van der Waals surface area contributed by atoms with E-state index in [1.54, 1.807) is 13.1 Å². The molecule has 1 rings (SSSR count). The molecule has 0 bridgehead atoms. The van der Waals surface area contributed by atoms with Crippen LogP contribution in [0.4, 0.5) is 13.2 Å². The summed E-state index contributed by atoms with van der Waals surface area (Å²) in [6, 6.07) is 0. The molecule has 17 heavy (non-hydrogen) atoms. The molecule has 98 valence electrons. The van der Waals surface area contributed by atoms with Crippen molar-refractivity contribution >= 4 is 10.0 Å².